The van der Waals surface area contributed by atoms with Gasteiger partial charge in [-0.25, -0.2) is 4.79 Å². The zero-order chi connectivity index (χ0) is 27.7. The Hall–Kier alpha value is -1.08. The Bertz CT molecular complexity index is 977. The van der Waals surface area contributed by atoms with Crippen LogP contribution >= 0.6 is 0 Å². The lowest BCUT2D eigenvalue weighted by Gasteiger charge is -2.58. The van der Waals surface area contributed by atoms with Gasteiger partial charge in [-0.3, -0.25) is 4.18 Å². The molecule has 4 aliphatic carbocycles. The largest absolute Gasteiger partial charge is 0.446 e. The molecule has 0 aromatic rings. The van der Waals surface area contributed by atoms with Crippen molar-refractivity contribution in [3.05, 3.63) is 11.6 Å². The van der Waals surface area contributed by atoms with Crippen LogP contribution in [0.25, 0.3) is 0 Å². The minimum Gasteiger partial charge on any atom is -0.446 e. The lowest BCUT2D eigenvalue weighted by molar-refractivity contribution is -0.0581. The number of hydrogen-bond donors (Lipinski definition) is 1. The second kappa shape index (κ2) is 11.8. The smallest absolute Gasteiger partial charge is 0.407 e. The minimum absolute atomic E-state index is 0.0808. The summed E-state index contributed by atoms with van der Waals surface area (Å²) in [6, 6.07) is 0. The van der Waals surface area contributed by atoms with Crippen molar-refractivity contribution in [2.24, 2.45) is 46.3 Å². The van der Waals surface area contributed by atoms with Gasteiger partial charge >= 0.3 is 6.09 Å². The number of ether oxygens (including phenoxy) is 1. The van der Waals surface area contributed by atoms with E-state index in [9.17, 15) is 13.2 Å². The van der Waals surface area contributed by atoms with Crippen LogP contribution in [-0.2, 0) is 19.0 Å². The Balaban J connectivity index is 1.34. The molecule has 0 unspecified atom stereocenters. The maximum Gasteiger partial charge on any atom is 0.407 e. The van der Waals surface area contributed by atoms with Crippen LogP contribution in [0.4, 0.5) is 4.79 Å². The summed E-state index contributed by atoms with van der Waals surface area (Å²) in [4.78, 5) is 12.3. The first-order chi connectivity index (χ1) is 17.8. The summed E-state index contributed by atoms with van der Waals surface area (Å²) in [5.74, 6) is 4.92. The molecule has 0 heterocycles. The highest BCUT2D eigenvalue weighted by Crippen LogP contribution is 2.67. The monoisotopic (exact) mass is 551 g/mol. The molecule has 4 aliphatic rings. The van der Waals surface area contributed by atoms with Crippen LogP contribution in [0.1, 0.15) is 105 Å². The van der Waals surface area contributed by atoms with Crippen molar-refractivity contribution in [2.75, 3.05) is 19.4 Å². The number of allylic oxidation sites excluding steroid dienone is 1. The third-order valence-electron chi connectivity index (χ3n) is 11.2. The fraction of sp³-hybridized carbons (Fsp3) is 0.903. The van der Waals surface area contributed by atoms with Gasteiger partial charge in [0.15, 0.2) is 0 Å². The second-order valence-corrected chi connectivity index (χ2v) is 15.7. The molecule has 0 bridgehead atoms. The lowest BCUT2D eigenvalue weighted by Crippen LogP contribution is -2.51. The third-order valence-corrected chi connectivity index (χ3v) is 11.8. The van der Waals surface area contributed by atoms with Crippen molar-refractivity contribution in [3.8, 4) is 0 Å². The SMILES string of the molecule is CC(C)CCC[C@@H](C)[C@H]1CC[C@H]2[C@@H]3CC=C4C[C@@H](OC(=O)NCCOS(C)(=O)=O)CC[C@]4(C)[C@H]3CC[C@]12C. The normalized spacial score (nSPS) is 37.6. The molecular weight excluding hydrogens is 498 g/mol. The van der Waals surface area contributed by atoms with E-state index >= 15 is 0 Å². The van der Waals surface area contributed by atoms with Crippen LogP contribution < -0.4 is 5.32 Å². The maximum absolute atomic E-state index is 12.3. The number of alkyl carbamates (subject to hydrolysis) is 1. The summed E-state index contributed by atoms with van der Waals surface area (Å²) in [6.07, 6.45) is 16.6. The zero-order valence-corrected chi connectivity index (χ0v) is 25.6. The Morgan fingerprint density at radius 1 is 1.08 bits per heavy atom. The van der Waals surface area contributed by atoms with Gasteiger partial charge in [-0.15, -0.1) is 0 Å². The predicted octanol–water partition coefficient (Wildman–Crippen LogP) is 7.10. The molecule has 218 valence electrons. The van der Waals surface area contributed by atoms with E-state index in [0.717, 1.165) is 61.0 Å². The molecule has 3 fully saturated rings. The van der Waals surface area contributed by atoms with Crippen molar-refractivity contribution >= 4 is 16.2 Å². The van der Waals surface area contributed by atoms with E-state index in [2.05, 4.69) is 50.2 Å². The van der Waals surface area contributed by atoms with E-state index < -0.39 is 16.2 Å². The van der Waals surface area contributed by atoms with E-state index in [1.165, 1.54) is 56.9 Å². The van der Waals surface area contributed by atoms with Gasteiger partial charge in [0.25, 0.3) is 10.1 Å². The van der Waals surface area contributed by atoms with Crippen LogP contribution in [0.2, 0.25) is 0 Å². The first-order valence-corrected chi connectivity index (χ1v) is 17.1. The molecular formula is C31H53NO5S. The molecule has 8 atom stereocenters. The number of carbonyl (C=O) groups excluding carboxylic acids is 1. The van der Waals surface area contributed by atoms with Crippen LogP contribution in [0.3, 0.4) is 0 Å². The van der Waals surface area contributed by atoms with Crippen molar-refractivity contribution in [3.63, 3.8) is 0 Å². The molecule has 0 aromatic heterocycles. The number of hydrogen-bond acceptors (Lipinski definition) is 5. The van der Waals surface area contributed by atoms with Crippen LogP contribution in [-0.4, -0.2) is 40.0 Å². The summed E-state index contributed by atoms with van der Waals surface area (Å²) in [5, 5.41) is 2.62. The molecule has 4 rings (SSSR count). The summed E-state index contributed by atoms with van der Waals surface area (Å²) in [6.45, 7) is 12.4. The minimum atomic E-state index is -3.50. The first kappa shape index (κ1) is 29.9. The molecule has 0 saturated heterocycles. The van der Waals surface area contributed by atoms with Crippen LogP contribution in [0, 0.1) is 46.3 Å². The highest BCUT2D eigenvalue weighted by molar-refractivity contribution is 7.85. The van der Waals surface area contributed by atoms with Gasteiger partial charge in [0.05, 0.1) is 12.9 Å². The van der Waals surface area contributed by atoms with Crippen molar-refractivity contribution in [1.82, 2.24) is 5.32 Å². The average Bonchev–Trinajstić information content (AvgIpc) is 3.18. The van der Waals surface area contributed by atoms with Gasteiger partial charge < -0.3 is 10.1 Å². The summed E-state index contributed by atoms with van der Waals surface area (Å²) in [7, 11) is -3.50. The van der Waals surface area contributed by atoms with E-state index in [1.54, 1.807) is 0 Å². The van der Waals surface area contributed by atoms with Gasteiger partial charge in [0.2, 0.25) is 0 Å². The maximum atomic E-state index is 12.3. The van der Waals surface area contributed by atoms with Crippen molar-refractivity contribution in [1.29, 1.82) is 0 Å². The topological polar surface area (TPSA) is 81.7 Å². The summed E-state index contributed by atoms with van der Waals surface area (Å²) >= 11 is 0. The fourth-order valence-electron chi connectivity index (χ4n) is 9.29. The molecule has 6 nitrogen and oxygen atoms in total. The molecule has 7 heteroatoms. The Labute approximate surface area is 232 Å². The second-order valence-electron chi connectivity index (χ2n) is 14.0. The first-order valence-electron chi connectivity index (χ1n) is 15.3. The lowest BCUT2D eigenvalue weighted by atomic mass is 9.47. The standard InChI is InChI=1S/C31H53NO5S/c1-21(2)8-7-9-22(3)26-12-13-27-25-11-10-23-20-24(37-29(33)32-18-19-36-38(6,34)35)14-16-30(23,4)28(25)15-17-31(26,27)5/h10,21-22,24-28H,7-9,11-20H2,1-6H3,(H,32,33)/t22-,24+,25+,26-,27+,28+,30+,31-/m1/s1. The third kappa shape index (κ3) is 6.45. The van der Waals surface area contributed by atoms with Crippen LogP contribution in [0.5, 0.6) is 0 Å². The van der Waals surface area contributed by atoms with Gasteiger partial charge in [-0.1, -0.05) is 65.5 Å². The number of fused-ring (bicyclic) bond motifs is 5. The highest BCUT2D eigenvalue weighted by Gasteiger charge is 2.59. The van der Waals surface area contributed by atoms with Gasteiger partial charge in [0, 0.05) is 13.0 Å². The molecule has 0 aliphatic heterocycles. The van der Waals surface area contributed by atoms with Gasteiger partial charge in [-0.05, 0) is 91.3 Å². The highest BCUT2D eigenvalue weighted by atomic mass is 32.2. The number of carbonyl (C=O) groups is 1. The molecule has 1 N–H and O–H groups in total. The number of nitrogens with one attached hydrogen (secondary N) is 1. The van der Waals surface area contributed by atoms with E-state index in [1.807, 2.05) is 0 Å². The average molecular weight is 552 g/mol. The summed E-state index contributed by atoms with van der Waals surface area (Å²) in [5.41, 5.74) is 2.23. The van der Waals surface area contributed by atoms with Crippen LogP contribution in [0.15, 0.2) is 11.6 Å². The number of rotatable bonds is 10. The Kier molecular flexibility index (Phi) is 9.28. The number of amides is 1. The van der Waals surface area contributed by atoms with E-state index in [0.29, 0.717) is 5.41 Å². The quantitative estimate of drug-likeness (QED) is 0.178. The fourth-order valence-corrected chi connectivity index (χ4v) is 9.68. The van der Waals surface area contributed by atoms with E-state index in [-0.39, 0.29) is 24.7 Å². The molecule has 3 saturated carbocycles. The predicted molar refractivity (Wildman–Crippen MR) is 152 cm³/mol. The van der Waals surface area contributed by atoms with Crippen molar-refractivity contribution < 1.29 is 22.1 Å². The molecule has 0 aromatic carbocycles. The Morgan fingerprint density at radius 2 is 1.84 bits per heavy atom. The molecule has 0 radical (unpaired) electrons. The zero-order valence-electron chi connectivity index (χ0n) is 24.8. The van der Waals surface area contributed by atoms with Gasteiger partial charge in [-0.2, -0.15) is 8.42 Å². The Morgan fingerprint density at radius 3 is 2.55 bits per heavy atom. The molecule has 0 spiro atoms. The summed E-state index contributed by atoms with van der Waals surface area (Å²) < 4.78 is 32.5. The van der Waals surface area contributed by atoms with Crippen molar-refractivity contribution in [2.45, 2.75) is 111 Å². The van der Waals surface area contributed by atoms with E-state index in [4.69, 9.17) is 4.74 Å². The molecule has 1 amide bonds. The molecule has 38 heavy (non-hydrogen) atoms. The van der Waals surface area contributed by atoms with Gasteiger partial charge in [0.1, 0.15) is 6.10 Å².